The Bertz CT molecular complexity index is 618. The molecule has 0 N–H and O–H groups in total. The summed E-state index contributed by atoms with van der Waals surface area (Å²) >= 11 is 0. The number of morpholine rings is 1. The first kappa shape index (κ1) is 15.3. The highest BCUT2D eigenvalue weighted by Crippen LogP contribution is 2.29. The molecule has 3 heteroatoms. The van der Waals surface area contributed by atoms with E-state index in [0.717, 1.165) is 45.0 Å². The molecule has 0 atom stereocenters. The summed E-state index contributed by atoms with van der Waals surface area (Å²) < 4.78 is 11.5. The van der Waals surface area contributed by atoms with Crippen LogP contribution in [0.4, 0.5) is 0 Å². The van der Waals surface area contributed by atoms with Gasteiger partial charge in [-0.2, -0.15) is 0 Å². The molecule has 1 heterocycles. The molecule has 0 amide bonds. The zero-order valence-electron chi connectivity index (χ0n) is 13.5. The van der Waals surface area contributed by atoms with Crippen LogP contribution in [-0.2, 0) is 11.2 Å². The Hall–Kier alpha value is -1.58. The first-order chi connectivity index (χ1) is 10.7. The van der Waals surface area contributed by atoms with Crippen LogP contribution in [0.2, 0.25) is 0 Å². The van der Waals surface area contributed by atoms with Gasteiger partial charge in [0.2, 0.25) is 0 Å². The number of nitrogens with zero attached hydrogens (tertiary/aromatic N) is 1. The lowest BCUT2D eigenvalue weighted by Crippen LogP contribution is -2.37. The molecule has 0 spiro atoms. The largest absolute Gasteiger partial charge is 0.491 e. The van der Waals surface area contributed by atoms with Crippen molar-refractivity contribution in [3.05, 3.63) is 42.0 Å². The highest BCUT2D eigenvalue weighted by atomic mass is 16.5. The van der Waals surface area contributed by atoms with Crippen LogP contribution in [0.15, 0.2) is 36.4 Å². The number of fused-ring (bicyclic) bond motifs is 1. The minimum absolute atomic E-state index is 0.197. The normalized spacial score (nSPS) is 16.3. The number of benzene rings is 2. The molecular formula is C19H25NO2. The van der Waals surface area contributed by atoms with Crippen LogP contribution in [0.25, 0.3) is 10.8 Å². The summed E-state index contributed by atoms with van der Waals surface area (Å²) in [5, 5.41) is 2.60. The van der Waals surface area contributed by atoms with E-state index < -0.39 is 0 Å². The lowest BCUT2D eigenvalue weighted by Gasteiger charge is -2.27. The molecule has 1 saturated heterocycles. The molecule has 2 aromatic rings. The number of hydrogen-bond acceptors (Lipinski definition) is 3. The van der Waals surface area contributed by atoms with Gasteiger partial charge >= 0.3 is 0 Å². The first-order valence-corrected chi connectivity index (χ1v) is 8.21. The fraction of sp³-hybridized carbons (Fsp3) is 0.474. The Morgan fingerprint density at radius 1 is 1.09 bits per heavy atom. The highest BCUT2D eigenvalue weighted by Gasteiger charge is 2.14. The van der Waals surface area contributed by atoms with E-state index in [1.54, 1.807) is 0 Å². The Kier molecular flexibility index (Phi) is 4.96. The molecule has 0 unspecified atom stereocenters. The summed E-state index contributed by atoms with van der Waals surface area (Å²) in [6.07, 6.45) is 1.21. The lowest BCUT2D eigenvalue weighted by molar-refractivity contribution is 0.0384. The quantitative estimate of drug-likeness (QED) is 0.843. The maximum absolute atomic E-state index is 6.05. The Labute approximate surface area is 132 Å². The molecule has 0 aliphatic carbocycles. The maximum Gasteiger partial charge on any atom is 0.123 e. The summed E-state index contributed by atoms with van der Waals surface area (Å²) in [6.45, 7) is 9.00. The van der Waals surface area contributed by atoms with Crippen LogP contribution in [-0.4, -0.2) is 43.9 Å². The molecule has 0 radical (unpaired) electrons. The standard InChI is InChI=1S/C19H25NO2/c1-15(2)22-19-8-7-16-5-3-4-6-17(16)18(19)9-10-20-11-13-21-14-12-20/h3-8,15H,9-14H2,1-2H3. The second kappa shape index (κ2) is 7.12. The fourth-order valence-corrected chi connectivity index (χ4v) is 3.03. The Balaban J connectivity index is 1.86. The molecule has 0 bridgehead atoms. The van der Waals surface area contributed by atoms with E-state index >= 15 is 0 Å². The Morgan fingerprint density at radius 3 is 2.64 bits per heavy atom. The van der Waals surface area contributed by atoms with Crippen molar-refractivity contribution in [3.8, 4) is 5.75 Å². The summed E-state index contributed by atoms with van der Waals surface area (Å²) in [4.78, 5) is 2.48. The van der Waals surface area contributed by atoms with Gasteiger partial charge in [-0.1, -0.05) is 30.3 Å². The third-order valence-electron chi connectivity index (χ3n) is 4.14. The average Bonchev–Trinajstić information content (AvgIpc) is 2.54. The van der Waals surface area contributed by atoms with Gasteiger partial charge in [-0.25, -0.2) is 0 Å². The highest BCUT2D eigenvalue weighted by molar-refractivity contribution is 5.87. The number of ether oxygens (including phenoxy) is 2. The molecular weight excluding hydrogens is 274 g/mol. The second-order valence-corrected chi connectivity index (χ2v) is 6.13. The zero-order chi connectivity index (χ0) is 15.4. The average molecular weight is 299 g/mol. The monoisotopic (exact) mass is 299 g/mol. The molecule has 22 heavy (non-hydrogen) atoms. The van der Waals surface area contributed by atoms with Crippen molar-refractivity contribution in [2.24, 2.45) is 0 Å². The van der Waals surface area contributed by atoms with Gasteiger partial charge in [-0.3, -0.25) is 4.90 Å². The lowest BCUT2D eigenvalue weighted by atomic mass is 10.0. The van der Waals surface area contributed by atoms with Crippen molar-refractivity contribution in [1.82, 2.24) is 4.90 Å². The number of rotatable bonds is 5. The van der Waals surface area contributed by atoms with Gasteiger partial charge in [0.1, 0.15) is 5.75 Å². The summed E-state index contributed by atoms with van der Waals surface area (Å²) in [6, 6.07) is 12.9. The molecule has 1 aliphatic rings. The van der Waals surface area contributed by atoms with Gasteiger partial charge in [-0.15, -0.1) is 0 Å². The zero-order valence-corrected chi connectivity index (χ0v) is 13.5. The van der Waals surface area contributed by atoms with Crippen LogP contribution in [0, 0.1) is 0 Å². The van der Waals surface area contributed by atoms with E-state index in [9.17, 15) is 0 Å². The van der Waals surface area contributed by atoms with Crippen molar-refractivity contribution < 1.29 is 9.47 Å². The molecule has 3 nitrogen and oxygen atoms in total. The van der Waals surface area contributed by atoms with Crippen molar-refractivity contribution in [3.63, 3.8) is 0 Å². The van der Waals surface area contributed by atoms with E-state index in [2.05, 4.69) is 55.1 Å². The van der Waals surface area contributed by atoms with Crippen molar-refractivity contribution in [2.45, 2.75) is 26.4 Å². The van der Waals surface area contributed by atoms with Crippen molar-refractivity contribution in [2.75, 3.05) is 32.8 Å². The van der Waals surface area contributed by atoms with Crippen LogP contribution < -0.4 is 4.74 Å². The molecule has 1 fully saturated rings. The minimum atomic E-state index is 0.197. The first-order valence-electron chi connectivity index (χ1n) is 8.21. The van der Waals surface area contributed by atoms with Crippen LogP contribution >= 0.6 is 0 Å². The fourth-order valence-electron chi connectivity index (χ4n) is 3.03. The third-order valence-corrected chi connectivity index (χ3v) is 4.14. The minimum Gasteiger partial charge on any atom is -0.491 e. The third kappa shape index (κ3) is 3.60. The molecule has 0 aromatic heterocycles. The summed E-state index contributed by atoms with van der Waals surface area (Å²) in [5.41, 5.74) is 1.33. The SMILES string of the molecule is CC(C)Oc1ccc2ccccc2c1CCN1CCOCC1. The van der Waals surface area contributed by atoms with Crippen molar-refractivity contribution >= 4 is 10.8 Å². The number of hydrogen-bond donors (Lipinski definition) is 0. The maximum atomic E-state index is 6.05. The molecule has 1 aliphatic heterocycles. The predicted octanol–water partition coefficient (Wildman–Crippen LogP) is 3.50. The molecule has 0 saturated carbocycles. The van der Waals surface area contributed by atoms with E-state index in [0.29, 0.717) is 0 Å². The second-order valence-electron chi connectivity index (χ2n) is 6.13. The van der Waals surface area contributed by atoms with Gasteiger partial charge in [0.25, 0.3) is 0 Å². The molecule has 3 rings (SSSR count). The van der Waals surface area contributed by atoms with Gasteiger partial charge in [0, 0.05) is 25.2 Å². The summed E-state index contributed by atoms with van der Waals surface area (Å²) in [7, 11) is 0. The smallest absolute Gasteiger partial charge is 0.123 e. The van der Waals surface area contributed by atoms with Gasteiger partial charge in [-0.05, 0) is 37.1 Å². The van der Waals surface area contributed by atoms with E-state index in [1.807, 2.05) is 0 Å². The summed E-state index contributed by atoms with van der Waals surface area (Å²) in [5.74, 6) is 1.03. The Morgan fingerprint density at radius 2 is 1.86 bits per heavy atom. The van der Waals surface area contributed by atoms with Gasteiger partial charge < -0.3 is 9.47 Å². The predicted molar refractivity (Wildman–Crippen MR) is 90.7 cm³/mol. The topological polar surface area (TPSA) is 21.7 Å². The van der Waals surface area contributed by atoms with Crippen LogP contribution in [0.1, 0.15) is 19.4 Å². The molecule has 2 aromatic carbocycles. The van der Waals surface area contributed by atoms with Gasteiger partial charge in [0.05, 0.1) is 19.3 Å². The van der Waals surface area contributed by atoms with Crippen molar-refractivity contribution in [1.29, 1.82) is 0 Å². The van der Waals surface area contributed by atoms with Gasteiger partial charge in [0.15, 0.2) is 0 Å². The molecule has 118 valence electrons. The van der Waals surface area contributed by atoms with E-state index in [4.69, 9.17) is 9.47 Å². The van der Waals surface area contributed by atoms with E-state index in [1.165, 1.54) is 16.3 Å². The van der Waals surface area contributed by atoms with Crippen LogP contribution in [0.3, 0.4) is 0 Å². The van der Waals surface area contributed by atoms with E-state index in [-0.39, 0.29) is 6.10 Å². The van der Waals surface area contributed by atoms with Crippen LogP contribution in [0.5, 0.6) is 5.75 Å².